The number of aromatic nitrogens is 2. The van der Waals surface area contributed by atoms with Gasteiger partial charge in [-0.1, -0.05) is 5.16 Å². The van der Waals surface area contributed by atoms with Crippen LogP contribution in [-0.4, -0.2) is 16.3 Å². The molecule has 0 unspecified atom stereocenters. The fourth-order valence-corrected chi connectivity index (χ4v) is 1.95. The number of hydrogen-bond donors (Lipinski definition) is 0. The molecule has 2 aromatic heterocycles. The molecule has 94 valence electrons. The lowest BCUT2D eigenvalue weighted by Crippen LogP contribution is -2.09. The Bertz CT molecular complexity index is 582. The number of alkyl halides is 3. The average Bonchev–Trinajstić information content (AvgIpc) is 2.94. The van der Waals surface area contributed by atoms with Crippen molar-refractivity contribution in [1.82, 2.24) is 10.1 Å². The number of rotatable bonds is 3. The van der Waals surface area contributed by atoms with Crippen molar-refractivity contribution in [3.05, 3.63) is 22.8 Å². The van der Waals surface area contributed by atoms with Crippen LogP contribution in [0, 0.1) is 11.3 Å². The van der Waals surface area contributed by atoms with Gasteiger partial charge >= 0.3 is 6.18 Å². The largest absolute Gasteiger partial charge is 0.389 e. The predicted octanol–water partition coefficient (Wildman–Crippen LogP) is 3.16. The van der Waals surface area contributed by atoms with Crippen LogP contribution in [0.3, 0.4) is 0 Å². The topological polar surface area (TPSA) is 62.7 Å². The molecule has 4 nitrogen and oxygen atoms in total. The Hall–Kier alpha value is -1.88. The minimum absolute atomic E-state index is 0.00855. The lowest BCUT2D eigenvalue weighted by Gasteiger charge is -2.01. The standard InChI is InChI=1S/C10H6F3N3OS/c11-10(12,13)4-3-8-15-9(17-16-8)7-2-1-6(5-14)18-7/h1-2H,3-4H2. The van der Waals surface area contributed by atoms with E-state index in [1.807, 2.05) is 6.07 Å². The van der Waals surface area contributed by atoms with Gasteiger partial charge in [0.15, 0.2) is 5.82 Å². The Morgan fingerprint density at radius 1 is 1.39 bits per heavy atom. The van der Waals surface area contributed by atoms with Gasteiger partial charge in [0.25, 0.3) is 5.89 Å². The van der Waals surface area contributed by atoms with Gasteiger partial charge in [0.2, 0.25) is 0 Å². The van der Waals surface area contributed by atoms with E-state index >= 15 is 0 Å². The van der Waals surface area contributed by atoms with Crippen LogP contribution in [0.15, 0.2) is 16.7 Å². The van der Waals surface area contributed by atoms with E-state index in [-0.39, 0.29) is 18.1 Å². The van der Waals surface area contributed by atoms with Crippen LogP contribution in [0.2, 0.25) is 0 Å². The van der Waals surface area contributed by atoms with E-state index in [2.05, 4.69) is 10.1 Å². The van der Waals surface area contributed by atoms with Gasteiger partial charge in [-0.3, -0.25) is 0 Å². The highest BCUT2D eigenvalue weighted by molar-refractivity contribution is 7.15. The molecular weight excluding hydrogens is 267 g/mol. The van der Waals surface area contributed by atoms with Gasteiger partial charge in [0.05, 0.1) is 11.3 Å². The molecule has 0 fully saturated rings. The summed E-state index contributed by atoms with van der Waals surface area (Å²) in [5, 5.41) is 12.1. The van der Waals surface area contributed by atoms with Gasteiger partial charge in [-0.2, -0.15) is 23.4 Å². The van der Waals surface area contributed by atoms with Gasteiger partial charge < -0.3 is 4.52 Å². The molecule has 0 atom stereocenters. The zero-order chi connectivity index (χ0) is 13.2. The maximum Gasteiger partial charge on any atom is 0.389 e. The Morgan fingerprint density at radius 3 is 2.78 bits per heavy atom. The quantitative estimate of drug-likeness (QED) is 0.861. The lowest BCUT2D eigenvalue weighted by atomic mass is 10.3. The summed E-state index contributed by atoms with van der Waals surface area (Å²) in [6.45, 7) is 0. The summed E-state index contributed by atoms with van der Waals surface area (Å²) in [6, 6.07) is 5.15. The molecule has 0 spiro atoms. The predicted molar refractivity (Wildman–Crippen MR) is 56.7 cm³/mol. The first-order chi connectivity index (χ1) is 8.48. The fraction of sp³-hybridized carbons (Fsp3) is 0.300. The van der Waals surface area contributed by atoms with Crippen molar-refractivity contribution in [1.29, 1.82) is 5.26 Å². The van der Waals surface area contributed by atoms with Crippen molar-refractivity contribution in [2.75, 3.05) is 0 Å². The Morgan fingerprint density at radius 2 is 2.17 bits per heavy atom. The molecule has 2 heterocycles. The SMILES string of the molecule is N#Cc1ccc(-c2nc(CCC(F)(F)F)no2)s1. The van der Waals surface area contributed by atoms with E-state index in [1.165, 1.54) is 0 Å². The molecule has 0 saturated heterocycles. The van der Waals surface area contributed by atoms with E-state index in [4.69, 9.17) is 9.78 Å². The van der Waals surface area contributed by atoms with Crippen molar-refractivity contribution in [2.24, 2.45) is 0 Å². The summed E-state index contributed by atoms with van der Waals surface area (Å²) in [5.74, 6) is 0.146. The molecular formula is C10H6F3N3OS. The maximum atomic E-state index is 12.0. The van der Waals surface area contributed by atoms with Crippen molar-refractivity contribution in [3.8, 4) is 16.8 Å². The van der Waals surface area contributed by atoms with Crippen LogP contribution in [0.5, 0.6) is 0 Å². The maximum absolute atomic E-state index is 12.0. The molecule has 18 heavy (non-hydrogen) atoms. The zero-order valence-corrected chi connectivity index (χ0v) is 9.68. The molecule has 0 aliphatic rings. The lowest BCUT2D eigenvalue weighted by molar-refractivity contribution is -0.134. The van der Waals surface area contributed by atoms with Gasteiger partial charge in [-0.15, -0.1) is 11.3 Å². The van der Waals surface area contributed by atoms with E-state index in [1.54, 1.807) is 12.1 Å². The summed E-state index contributed by atoms with van der Waals surface area (Å²) in [4.78, 5) is 4.89. The molecule has 0 aliphatic carbocycles. The van der Waals surface area contributed by atoms with E-state index in [0.29, 0.717) is 9.75 Å². The first-order valence-corrected chi connectivity index (χ1v) is 5.69. The summed E-state index contributed by atoms with van der Waals surface area (Å²) in [5.41, 5.74) is 0. The molecule has 0 bridgehead atoms. The highest BCUT2D eigenvalue weighted by Crippen LogP contribution is 2.27. The second-order valence-electron chi connectivity index (χ2n) is 3.41. The summed E-state index contributed by atoms with van der Waals surface area (Å²) < 4.78 is 40.8. The smallest absolute Gasteiger partial charge is 0.333 e. The van der Waals surface area contributed by atoms with E-state index < -0.39 is 12.6 Å². The molecule has 2 rings (SSSR count). The van der Waals surface area contributed by atoms with Crippen LogP contribution in [0.25, 0.3) is 10.8 Å². The normalized spacial score (nSPS) is 11.4. The second-order valence-corrected chi connectivity index (χ2v) is 4.49. The minimum Gasteiger partial charge on any atom is -0.333 e. The first kappa shape index (κ1) is 12.6. The van der Waals surface area contributed by atoms with Crippen LogP contribution in [0.1, 0.15) is 17.1 Å². The molecule has 0 aliphatic heterocycles. The highest BCUT2D eigenvalue weighted by Gasteiger charge is 2.27. The summed E-state index contributed by atoms with van der Waals surface area (Å²) >= 11 is 1.14. The molecule has 0 saturated carbocycles. The van der Waals surface area contributed by atoms with E-state index in [9.17, 15) is 13.2 Å². The van der Waals surface area contributed by atoms with Crippen LogP contribution in [-0.2, 0) is 6.42 Å². The number of nitrogens with zero attached hydrogens (tertiary/aromatic N) is 3. The van der Waals surface area contributed by atoms with Crippen molar-refractivity contribution < 1.29 is 17.7 Å². The number of thiophene rings is 1. The number of halogens is 3. The highest BCUT2D eigenvalue weighted by atomic mass is 32.1. The second kappa shape index (κ2) is 4.78. The van der Waals surface area contributed by atoms with Crippen LogP contribution >= 0.6 is 11.3 Å². The molecule has 0 radical (unpaired) electrons. The summed E-state index contributed by atoms with van der Waals surface area (Å²) in [7, 11) is 0. The number of hydrogen-bond acceptors (Lipinski definition) is 5. The van der Waals surface area contributed by atoms with Crippen LogP contribution < -0.4 is 0 Å². The third-order valence-corrected chi connectivity index (χ3v) is 3.01. The summed E-state index contributed by atoms with van der Waals surface area (Å²) in [6.07, 6.45) is -5.54. The number of nitriles is 1. The molecule has 2 aromatic rings. The molecule has 8 heteroatoms. The monoisotopic (exact) mass is 273 g/mol. The minimum atomic E-state index is -4.24. The third-order valence-electron chi connectivity index (χ3n) is 2.03. The Labute approximate surface area is 104 Å². The van der Waals surface area contributed by atoms with Crippen molar-refractivity contribution >= 4 is 11.3 Å². The fourth-order valence-electron chi connectivity index (χ4n) is 1.22. The molecule has 0 amide bonds. The van der Waals surface area contributed by atoms with Gasteiger partial charge in [0, 0.05) is 6.42 Å². The average molecular weight is 273 g/mol. The van der Waals surface area contributed by atoms with Crippen molar-refractivity contribution in [2.45, 2.75) is 19.0 Å². The van der Waals surface area contributed by atoms with Gasteiger partial charge in [-0.05, 0) is 12.1 Å². The zero-order valence-electron chi connectivity index (χ0n) is 8.86. The molecule has 0 N–H and O–H groups in total. The van der Waals surface area contributed by atoms with Gasteiger partial charge in [-0.25, -0.2) is 0 Å². The first-order valence-electron chi connectivity index (χ1n) is 4.87. The molecule has 0 aromatic carbocycles. The van der Waals surface area contributed by atoms with Crippen LogP contribution in [0.4, 0.5) is 13.2 Å². The number of aryl methyl sites for hydroxylation is 1. The van der Waals surface area contributed by atoms with E-state index in [0.717, 1.165) is 11.3 Å². The van der Waals surface area contributed by atoms with Crippen molar-refractivity contribution in [3.63, 3.8) is 0 Å². The van der Waals surface area contributed by atoms with Gasteiger partial charge in [0.1, 0.15) is 10.9 Å². The Kier molecular flexibility index (Phi) is 3.34. The Balaban J connectivity index is 2.09. The third kappa shape index (κ3) is 3.07.